The number of rotatable bonds is 4. The summed E-state index contributed by atoms with van der Waals surface area (Å²) in [6.07, 6.45) is 3.45. The number of hydrogen-bond acceptors (Lipinski definition) is 3. The van der Waals surface area contributed by atoms with Crippen LogP contribution >= 0.6 is 0 Å². The number of anilines is 1. The van der Waals surface area contributed by atoms with E-state index in [0.29, 0.717) is 23.6 Å². The third kappa shape index (κ3) is 3.09. The van der Waals surface area contributed by atoms with Crippen molar-refractivity contribution >= 4 is 11.6 Å². The van der Waals surface area contributed by atoms with Crippen LogP contribution in [0.15, 0.2) is 53.2 Å². The van der Waals surface area contributed by atoms with Crippen LogP contribution in [0.5, 0.6) is 0 Å². The maximum Gasteiger partial charge on any atom is 0.259 e. The zero-order valence-electron chi connectivity index (χ0n) is 12.5. The summed E-state index contributed by atoms with van der Waals surface area (Å²) < 4.78 is 7.17. The minimum absolute atomic E-state index is 0.186. The highest BCUT2D eigenvalue weighted by Crippen LogP contribution is 2.16. The zero-order chi connectivity index (χ0) is 15.5. The molecule has 5 heteroatoms. The van der Waals surface area contributed by atoms with Gasteiger partial charge >= 0.3 is 0 Å². The van der Waals surface area contributed by atoms with E-state index in [4.69, 9.17) is 4.42 Å². The van der Waals surface area contributed by atoms with Gasteiger partial charge in [-0.15, -0.1) is 0 Å². The molecule has 0 bridgehead atoms. The topological polar surface area (TPSA) is 60.1 Å². The lowest BCUT2D eigenvalue weighted by Crippen LogP contribution is -2.11. The normalized spacial score (nSPS) is 10.6. The number of furan rings is 1. The molecule has 0 saturated carbocycles. The summed E-state index contributed by atoms with van der Waals surface area (Å²) in [4.78, 5) is 12.2. The number of amides is 1. The van der Waals surface area contributed by atoms with Crippen LogP contribution in [-0.2, 0) is 6.54 Å². The van der Waals surface area contributed by atoms with E-state index in [-0.39, 0.29) is 5.91 Å². The van der Waals surface area contributed by atoms with E-state index >= 15 is 0 Å². The summed E-state index contributed by atoms with van der Waals surface area (Å²) in [5.41, 5.74) is 2.37. The molecule has 3 aromatic rings. The second-order valence-electron chi connectivity index (χ2n) is 5.19. The first-order chi connectivity index (χ1) is 10.6. The monoisotopic (exact) mass is 295 g/mol. The van der Waals surface area contributed by atoms with Crippen molar-refractivity contribution in [2.24, 2.45) is 0 Å². The lowest BCUT2D eigenvalue weighted by atomic mass is 10.2. The number of hydrogen-bond donors (Lipinski definition) is 1. The molecule has 0 aliphatic heterocycles. The Hall–Kier alpha value is -2.82. The Bertz CT molecular complexity index is 787. The molecule has 0 radical (unpaired) electrons. The van der Waals surface area contributed by atoms with E-state index in [9.17, 15) is 4.79 Å². The van der Waals surface area contributed by atoms with Crippen molar-refractivity contribution in [1.82, 2.24) is 9.78 Å². The fraction of sp³-hybridized carbons (Fsp3) is 0.176. The van der Waals surface area contributed by atoms with Gasteiger partial charge in [-0.2, -0.15) is 5.10 Å². The molecule has 0 fully saturated rings. The second-order valence-corrected chi connectivity index (χ2v) is 5.19. The first-order valence-corrected chi connectivity index (χ1v) is 7.06. The Labute approximate surface area is 128 Å². The molecule has 3 rings (SSSR count). The second kappa shape index (κ2) is 5.89. The molecular weight excluding hydrogens is 278 g/mol. The molecule has 1 amide bonds. The van der Waals surface area contributed by atoms with Crippen LogP contribution in [0.3, 0.4) is 0 Å². The highest BCUT2D eigenvalue weighted by molar-refractivity contribution is 6.04. The van der Waals surface area contributed by atoms with Gasteiger partial charge in [-0.1, -0.05) is 30.3 Å². The highest BCUT2D eigenvalue weighted by Gasteiger charge is 2.14. The Morgan fingerprint density at radius 3 is 2.73 bits per heavy atom. The standard InChI is InChI=1S/C17H17N3O2/c1-12-8-16(13(2)22-12)17(21)19-15-9-18-20(11-15)10-14-6-4-3-5-7-14/h3-9,11H,10H2,1-2H3,(H,19,21). The molecule has 0 unspecified atom stereocenters. The van der Waals surface area contributed by atoms with Crippen molar-refractivity contribution in [3.8, 4) is 0 Å². The molecule has 1 aromatic carbocycles. The van der Waals surface area contributed by atoms with Crippen LogP contribution in [0.4, 0.5) is 5.69 Å². The van der Waals surface area contributed by atoms with Gasteiger partial charge in [-0.25, -0.2) is 0 Å². The van der Waals surface area contributed by atoms with Gasteiger partial charge in [0.25, 0.3) is 5.91 Å². The number of aryl methyl sites for hydroxylation is 2. The van der Waals surface area contributed by atoms with Crippen LogP contribution < -0.4 is 5.32 Å². The molecule has 1 N–H and O–H groups in total. The van der Waals surface area contributed by atoms with Gasteiger partial charge in [-0.05, 0) is 25.5 Å². The predicted octanol–water partition coefficient (Wildman–Crippen LogP) is 3.39. The number of aromatic nitrogens is 2. The number of benzene rings is 1. The van der Waals surface area contributed by atoms with E-state index in [1.165, 1.54) is 0 Å². The molecule has 22 heavy (non-hydrogen) atoms. The van der Waals surface area contributed by atoms with Gasteiger partial charge in [0.1, 0.15) is 11.5 Å². The minimum atomic E-state index is -0.186. The largest absolute Gasteiger partial charge is 0.466 e. The van der Waals surface area contributed by atoms with Crippen molar-refractivity contribution in [3.05, 3.63) is 71.4 Å². The summed E-state index contributed by atoms with van der Waals surface area (Å²) in [5, 5.41) is 7.10. The van der Waals surface area contributed by atoms with Gasteiger partial charge in [0.15, 0.2) is 0 Å². The van der Waals surface area contributed by atoms with Crippen LogP contribution in [0.25, 0.3) is 0 Å². The Kier molecular flexibility index (Phi) is 3.78. The average Bonchev–Trinajstić information content (AvgIpc) is 3.06. The quantitative estimate of drug-likeness (QED) is 0.802. The van der Waals surface area contributed by atoms with Crippen LogP contribution in [0.1, 0.15) is 27.4 Å². The Balaban J connectivity index is 1.69. The summed E-state index contributed by atoms with van der Waals surface area (Å²) >= 11 is 0. The third-order valence-corrected chi connectivity index (χ3v) is 3.36. The summed E-state index contributed by atoms with van der Waals surface area (Å²) in [6, 6.07) is 11.8. The van der Waals surface area contributed by atoms with E-state index < -0.39 is 0 Å². The predicted molar refractivity (Wildman–Crippen MR) is 83.9 cm³/mol. The fourth-order valence-electron chi connectivity index (χ4n) is 2.34. The third-order valence-electron chi connectivity index (χ3n) is 3.36. The number of carbonyl (C=O) groups excluding carboxylic acids is 1. The smallest absolute Gasteiger partial charge is 0.259 e. The van der Waals surface area contributed by atoms with Crippen molar-refractivity contribution in [2.45, 2.75) is 20.4 Å². The van der Waals surface area contributed by atoms with Gasteiger partial charge in [0, 0.05) is 6.20 Å². The first kappa shape index (κ1) is 14.1. The maximum absolute atomic E-state index is 12.2. The first-order valence-electron chi connectivity index (χ1n) is 7.06. The summed E-state index contributed by atoms with van der Waals surface area (Å²) in [5.74, 6) is 1.16. The summed E-state index contributed by atoms with van der Waals surface area (Å²) in [6.45, 7) is 4.27. The van der Waals surface area contributed by atoms with Crippen molar-refractivity contribution in [3.63, 3.8) is 0 Å². The molecule has 0 spiro atoms. The molecule has 0 aliphatic rings. The molecule has 5 nitrogen and oxygen atoms in total. The van der Waals surface area contributed by atoms with E-state index in [2.05, 4.69) is 10.4 Å². The van der Waals surface area contributed by atoms with Gasteiger partial charge in [-0.3, -0.25) is 9.48 Å². The van der Waals surface area contributed by atoms with E-state index in [1.807, 2.05) is 43.5 Å². The lowest BCUT2D eigenvalue weighted by Gasteiger charge is -2.02. The molecule has 0 atom stereocenters. The Morgan fingerprint density at radius 1 is 1.27 bits per heavy atom. The lowest BCUT2D eigenvalue weighted by molar-refractivity contribution is 0.102. The molecule has 0 saturated heterocycles. The van der Waals surface area contributed by atoms with Crippen LogP contribution in [-0.4, -0.2) is 15.7 Å². The van der Waals surface area contributed by atoms with Crippen molar-refractivity contribution in [2.75, 3.05) is 5.32 Å². The number of nitrogens with zero attached hydrogens (tertiary/aromatic N) is 2. The van der Waals surface area contributed by atoms with Crippen LogP contribution in [0, 0.1) is 13.8 Å². The molecule has 2 aromatic heterocycles. The number of carbonyl (C=O) groups is 1. The molecule has 112 valence electrons. The minimum Gasteiger partial charge on any atom is -0.466 e. The molecular formula is C17H17N3O2. The maximum atomic E-state index is 12.2. The fourth-order valence-corrected chi connectivity index (χ4v) is 2.34. The molecule has 2 heterocycles. The van der Waals surface area contributed by atoms with Gasteiger partial charge < -0.3 is 9.73 Å². The highest BCUT2D eigenvalue weighted by atomic mass is 16.3. The average molecular weight is 295 g/mol. The van der Waals surface area contributed by atoms with Gasteiger partial charge in [0.2, 0.25) is 0 Å². The van der Waals surface area contributed by atoms with E-state index in [0.717, 1.165) is 11.3 Å². The zero-order valence-corrected chi connectivity index (χ0v) is 12.5. The van der Waals surface area contributed by atoms with Crippen molar-refractivity contribution < 1.29 is 9.21 Å². The number of nitrogens with one attached hydrogen (secondary N) is 1. The summed E-state index contributed by atoms with van der Waals surface area (Å²) in [7, 11) is 0. The SMILES string of the molecule is Cc1cc(C(=O)Nc2cnn(Cc3ccccc3)c2)c(C)o1. The van der Waals surface area contributed by atoms with E-state index in [1.54, 1.807) is 23.9 Å². The van der Waals surface area contributed by atoms with Crippen LogP contribution in [0.2, 0.25) is 0 Å². The Morgan fingerprint density at radius 2 is 2.05 bits per heavy atom. The molecule has 0 aliphatic carbocycles. The van der Waals surface area contributed by atoms with Crippen molar-refractivity contribution in [1.29, 1.82) is 0 Å². The van der Waals surface area contributed by atoms with Gasteiger partial charge in [0.05, 0.1) is 24.0 Å².